The summed E-state index contributed by atoms with van der Waals surface area (Å²) < 4.78 is 0. The number of nitrogens with zero attached hydrogens (tertiary/aromatic N) is 1. The summed E-state index contributed by atoms with van der Waals surface area (Å²) in [6.45, 7) is 3.78. The minimum Gasteiger partial charge on any atom is -0.396 e. The van der Waals surface area contributed by atoms with Crippen molar-refractivity contribution >= 4 is 29.5 Å². The van der Waals surface area contributed by atoms with Gasteiger partial charge in [0.05, 0.1) is 6.04 Å². The van der Waals surface area contributed by atoms with Crippen molar-refractivity contribution in [2.75, 3.05) is 26.7 Å². The van der Waals surface area contributed by atoms with E-state index in [0.717, 1.165) is 0 Å². The molecular weight excluding hydrogens is 528 g/mol. The van der Waals surface area contributed by atoms with Crippen LogP contribution in [0.15, 0.2) is 30.3 Å². The zero-order valence-electron chi connectivity index (χ0n) is 24.2. The van der Waals surface area contributed by atoms with E-state index in [4.69, 9.17) is 0 Å². The summed E-state index contributed by atoms with van der Waals surface area (Å²) in [5.74, 6) is -2.21. The topological polar surface area (TPSA) is 169 Å². The van der Waals surface area contributed by atoms with Crippen LogP contribution in [0.2, 0.25) is 0 Å². The molecule has 1 aromatic carbocycles. The fraction of sp³-hybridized carbons (Fsp3) is 0.621. The van der Waals surface area contributed by atoms with Crippen LogP contribution in [0, 0.1) is 5.92 Å². The Labute approximate surface area is 241 Å². The highest BCUT2D eigenvalue weighted by Crippen LogP contribution is 2.34. The minimum atomic E-state index is -1.01. The van der Waals surface area contributed by atoms with E-state index in [1.165, 1.54) is 0 Å². The molecule has 0 bridgehead atoms. The molecule has 2 fully saturated rings. The molecule has 0 aliphatic carbocycles. The first kappa shape index (κ1) is 32.0. The van der Waals surface area contributed by atoms with Gasteiger partial charge in [0.25, 0.3) is 0 Å². The number of nitrogens with one attached hydrogen (secondary N) is 5. The predicted octanol–water partition coefficient (Wildman–Crippen LogP) is -0.269. The third-order valence-electron chi connectivity index (χ3n) is 8.02. The molecule has 0 unspecified atom stereocenters. The first-order valence-electron chi connectivity index (χ1n) is 14.6. The molecule has 12 nitrogen and oxygen atoms in total. The summed E-state index contributed by atoms with van der Waals surface area (Å²) >= 11 is 0. The second-order valence-corrected chi connectivity index (χ2v) is 10.6. The second-order valence-electron chi connectivity index (χ2n) is 10.6. The van der Waals surface area contributed by atoms with Crippen molar-refractivity contribution in [1.82, 2.24) is 31.5 Å². The van der Waals surface area contributed by atoms with Crippen molar-refractivity contribution in [2.24, 2.45) is 5.92 Å². The number of fused-ring (bicyclic) bond motifs is 1. The number of hydrogen-bond donors (Lipinski definition) is 6. The number of hydrogen-bond acceptors (Lipinski definition) is 7. The Morgan fingerprint density at radius 1 is 0.976 bits per heavy atom. The first-order valence-corrected chi connectivity index (χ1v) is 14.6. The lowest BCUT2D eigenvalue weighted by Gasteiger charge is -2.33. The van der Waals surface area contributed by atoms with Crippen LogP contribution >= 0.6 is 0 Å². The maximum absolute atomic E-state index is 13.9. The molecule has 2 heterocycles. The molecule has 41 heavy (non-hydrogen) atoms. The van der Waals surface area contributed by atoms with E-state index in [0.29, 0.717) is 44.1 Å². The average Bonchev–Trinajstić information content (AvgIpc) is 3.37. The van der Waals surface area contributed by atoms with E-state index in [1.807, 2.05) is 6.92 Å². The van der Waals surface area contributed by atoms with Crippen LogP contribution in [-0.2, 0) is 24.0 Å². The van der Waals surface area contributed by atoms with Crippen LogP contribution in [0.25, 0.3) is 0 Å². The molecule has 2 saturated heterocycles. The summed E-state index contributed by atoms with van der Waals surface area (Å²) in [5.41, 5.74) is 0.579. The predicted molar refractivity (Wildman–Crippen MR) is 152 cm³/mol. The van der Waals surface area contributed by atoms with E-state index < -0.39 is 47.8 Å². The molecular formula is C29H44N6O6. The van der Waals surface area contributed by atoms with Crippen LogP contribution in [0.4, 0.5) is 0 Å². The van der Waals surface area contributed by atoms with E-state index >= 15 is 0 Å². The number of aliphatic hydroxyl groups is 1. The molecule has 0 aromatic heterocycles. The van der Waals surface area contributed by atoms with Crippen LogP contribution in [0.3, 0.4) is 0 Å². The van der Waals surface area contributed by atoms with Crippen molar-refractivity contribution in [3.63, 3.8) is 0 Å². The monoisotopic (exact) mass is 572 g/mol. The lowest BCUT2D eigenvalue weighted by Crippen LogP contribution is -2.59. The van der Waals surface area contributed by atoms with Gasteiger partial charge < -0.3 is 36.6 Å². The third-order valence-corrected chi connectivity index (χ3v) is 8.02. The van der Waals surface area contributed by atoms with Crippen molar-refractivity contribution < 1.29 is 29.1 Å². The molecule has 0 radical (unpaired) electrons. The van der Waals surface area contributed by atoms with Gasteiger partial charge in [-0.15, -0.1) is 0 Å². The highest BCUT2D eigenvalue weighted by molar-refractivity contribution is 5.96. The number of rotatable bonds is 13. The van der Waals surface area contributed by atoms with Crippen molar-refractivity contribution in [3.05, 3.63) is 35.9 Å². The summed E-state index contributed by atoms with van der Waals surface area (Å²) in [5, 5.41) is 24.1. The number of likely N-dealkylation sites (N-methyl/N-ethyl adjacent to an activating group) is 1. The van der Waals surface area contributed by atoms with E-state index in [1.54, 1.807) is 49.2 Å². The zero-order chi connectivity index (χ0) is 29.9. The third kappa shape index (κ3) is 8.04. The standard InChI is InChI=1S/C29H44N6O6/c1-4-21(30-3)26(38)34-25-19(17-36)11-12-20-13-14-22(35(20)29(25)41)27(39)33-24(18-9-7-6-8-10-18)28(40)32-16-15-31-23(37)5-2/h6-10,19-22,24-25,30,36H,4-5,11-17H2,1-3H3,(H,31,37)(H,32,40)(H,33,39)(H,34,38)/t19-,20+,21+,22+,24+,25+/m1/s1. The van der Waals surface area contributed by atoms with Gasteiger partial charge in [-0.3, -0.25) is 24.0 Å². The van der Waals surface area contributed by atoms with Crippen LogP contribution in [-0.4, -0.2) is 90.5 Å². The maximum atomic E-state index is 13.9. The molecule has 1 aromatic rings. The Balaban J connectivity index is 1.77. The van der Waals surface area contributed by atoms with Gasteiger partial charge in [-0.2, -0.15) is 0 Å². The molecule has 0 spiro atoms. The van der Waals surface area contributed by atoms with Gasteiger partial charge in [0.15, 0.2) is 0 Å². The maximum Gasteiger partial charge on any atom is 0.247 e. The largest absolute Gasteiger partial charge is 0.396 e. The highest BCUT2D eigenvalue weighted by atomic mass is 16.3. The Hall–Kier alpha value is -3.51. The van der Waals surface area contributed by atoms with Gasteiger partial charge >= 0.3 is 0 Å². The molecule has 5 amide bonds. The molecule has 12 heteroatoms. The molecule has 6 atom stereocenters. The Morgan fingerprint density at radius 2 is 1.66 bits per heavy atom. The molecule has 2 aliphatic rings. The smallest absolute Gasteiger partial charge is 0.247 e. The number of aliphatic hydroxyl groups excluding tert-OH is 1. The van der Waals surface area contributed by atoms with E-state index in [-0.39, 0.29) is 37.6 Å². The van der Waals surface area contributed by atoms with Gasteiger partial charge in [-0.05, 0) is 44.7 Å². The van der Waals surface area contributed by atoms with E-state index in [9.17, 15) is 29.1 Å². The second kappa shape index (κ2) is 15.5. The molecule has 0 saturated carbocycles. The Morgan fingerprint density at radius 3 is 2.29 bits per heavy atom. The number of amides is 5. The average molecular weight is 573 g/mol. The molecule has 6 N–H and O–H groups in total. The minimum absolute atomic E-state index is 0.126. The molecule has 3 rings (SSSR count). The number of carbonyl (C=O) groups is 5. The van der Waals surface area contributed by atoms with Crippen molar-refractivity contribution in [3.8, 4) is 0 Å². The summed E-state index contributed by atoms with van der Waals surface area (Å²) in [7, 11) is 1.67. The lowest BCUT2D eigenvalue weighted by molar-refractivity contribution is -0.144. The normalized spacial score (nSPS) is 23.5. The number of carbonyl (C=O) groups excluding carboxylic acids is 5. The Kier molecular flexibility index (Phi) is 12.1. The number of benzene rings is 1. The van der Waals surface area contributed by atoms with Gasteiger partial charge in [0.2, 0.25) is 29.5 Å². The van der Waals surface area contributed by atoms with Crippen LogP contribution in [0.5, 0.6) is 0 Å². The summed E-state index contributed by atoms with van der Waals surface area (Å²) in [6, 6.07) is 5.34. The fourth-order valence-electron chi connectivity index (χ4n) is 5.64. The van der Waals surface area contributed by atoms with Gasteiger partial charge in [0, 0.05) is 38.1 Å². The van der Waals surface area contributed by atoms with Gasteiger partial charge in [0.1, 0.15) is 18.1 Å². The lowest BCUT2D eigenvalue weighted by atomic mass is 9.93. The summed E-state index contributed by atoms with van der Waals surface area (Å²) in [6.07, 6.45) is 3.03. The zero-order valence-corrected chi connectivity index (χ0v) is 24.2. The van der Waals surface area contributed by atoms with Crippen LogP contribution in [0.1, 0.15) is 64.0 Å². The van der Waals surface area contributed by atoms with Crippen molar-refractivity contribution in [2.45, 2.75) is 82.6 Å². The summed E-state index contributed by atoms with van der Waals surface area (Å²) in [4.78, 5) is 66.7. The van der Waals surface area contributed by atoms with Crippen molar-refractivity contribution in [1.29, 1.82) is 0 Å². The van der Waals surface area contributed by atoms with Gasteiger partial charge in [-0.1, -0.05) is 44.2 Å². The quantitative estimate of drug-likeness (QED) is 0.177. The SMILES string of the molecule is CCC(=O)NCCNC(=O)[C@@H](NC(=O)[C@@H]1CC[C@@H]2CC[C@H](CO)[C@H](NC(=O)[C@H](CC)NC)C(=O)N21)c1ccccc1. The molecule has 226 valence electrons. The van der Waals surface area contributed by atoms with E-state index in [2.05, 4.69) is 26.6 Å². The highest BCUT2D eigenvalue weighted by Gasteiger charge is 2.48. The molecule has 2 aliphatic heterocycles. The fourth-order valence-corrected chi connectivity index (χ4v) is 5.64. The Bertz CT molecular complexity index is 1070. The van der Waals surface area contributed by atoms with Gasteiger partial charge in [-0.25, -0.2) is 0 Å². The van der Waals surface area contributed by atoms with Crippen LogP contribution < -0.4 is 26.6 Å². The first-order chi connectivity index (χ1) is 19.7.